The van der Waals surface area contributed by atoms with Crippen LogP contribution in [0.4, 0.5) is 0 Å². The van der Waals surface area contributed by atoms with E-state index in [0.717, 1.165) is 0 Å². The minimum Gasteiger partial charge on any atom is -0.267 e. The fourth-order valence-electron chi connectivity index (χ4n) is 0.102. The van der Waals surface area contributed by atoms with Gasteiger partial charge in [-0.25, -0.2) is 0 Å². The Morgan fingerprint density at radius 2 is 2.40 bits per heavy atom. The molecule has 0 aromatic heterocycles. The van der Waals surface area contributed by atoms with E-state index in [4.69, 9.17) is 7.85 Å². The van der Waals surface area contributed by atoms with Crippen LogP contribution in [-0.4, -0.2) is 21.3 Å². The van der Waals surface area contributed by atoms with Crippen LogP contribution < -0.4 is 10.9 Å². The fourth-order valence-corrected chi connectivity index (χ4v) is 0.102. The summed E-state index contributed by atoms with van der Waals surface area (Å²) in [4.78, 5) is 0. The third kappa shape index (κ3) is 3.98. The highest BCUT2D eigenvalue weighted by Crippen LogP contribution is 1.26. The van der Waals surface area contributed by atoms with Gasteiger partial charge in [-0.2, -0.15) is 0 Å². The summed E-state index contributed by atoms with van der Waals surface area (Å²) in [5.41, 5.74) is 5.28. The van der Waals surface area contributed by atoms with Crippen molar-refractivity contribution in [1.82, 2.24) is 10.9 Å². The molecule has 0 aromatic rings. The van der Waals surface area contributed by atoms with Gasteiger partial charge in [0.15, 0.2) is 0 Å². The topological polar surface area (TPSA) is 24.1 Å². The molecule has 0 unspecified atom stereocenters. The first-order chi connectivity index (χ1) is 2.41. The van der Waals surface area contributed by atoms with Crippen molar-refractivity contribution in [3.63, 3.8) is 0 Å². The van der Waals surface area contributed by atoms with E-state index in [1.54, 1.807) is 7.05 Å². The van der Waals surface area contributed by atoms with Gasteiger partial charge in [-0.1, -0.05) is 0 Å². The molecule has 0 spiro atoms. The molecule has 0 aliphatic carbocycles. The lowest BCUT2D eigenvalue weighted by Crippen LogP contribution is -2.28. The van der Waals surface area contributed by atoms with Gasteiger partial charge in [-0.05, 0) is 13.5 Å². The van der Waals surface area contributed by atoms with Crippen LogP contribution in [0.5, 0.6) is 0 Å². The van der Waals surface area contributed by atoms with Crippen LogP contribution in [0.1, 0.15) is 0 Å². The van der Waals surface area contributed by atoms with Crippen molar-refractivity contribution in [1.29, 1.82) is 0 Å². The van der Waals surface area contributed by atoms with Gasteiger partial charge in [0.1, 0.15) is 0 Å². The first kappa shape index (κ1) is 4.98. The summed E-state index contributed by atoms with van der Waals surface area (Å²) < 4.78 is 0. The van der Waals surface area contributed by atoms with Crippen molar-refractivity contribution in [2.75, 3.05) is 13.5 Å². The monoisotopic (exact) mass is 70.1 g/mol. The second kappa shape index (κ2) is 3.98. The first-order valence-electron chi connectivity index (χ1n) is 1.51. The predicted octanol–water partition coefficient (Wildman–Crippen LogP) is -1.16. The van der Waals surface area contributed by atoms with Gasteiger partial charge in [0.2, 0.25) is 0 Å². The van der Waals surface area contributed by atoms with Gasteiger partial charge in [0.25, 0.3) is 0 Å². The van der Waals surface area contributed by atoms with E-state index < -0.39 is 0 Å². The van der Waals surface area contributed by atoms with Gasteiger partial charge in [-0.15, -0.1) is 0 Å². The Balaban J connectivity index is 2.19. The number of hydrogen-bond donors (Lipinski definition) is 2. The molecule has 0 aliphatic rings. The lowest BCUT2D eigenvalue weighted by molar-refractivity contribution is 0.669. The first-order valence-corrected chi connectivity index (χ1v) is 1.51. The smallest absolute Gasteiger partial charge is 0.0879 e. The normalized spacial score (nSPS) is 8.20. The molecule has 0 atom stereocenters. The van der Waals surface area contributed by atoms with E-state index in [0.29, 0.717) is 6.44 Å². The van der Waals surface area contributed by atoms with Gasteiger partial charge >= 0.3 is 0 Å². The van der Waals surface area contributed by atoms with Gasteiger partial charge < -0.3 is 0 Å². The second-order valence-electron chi connectivity index (χ2n) is 0.631. The SMILES string of the molecule is [B]CNNC. The molecule has 0 amide bonds. The average Bonchev–Trinajstić information content (AvgIpc) is 1.41. The largest absolute Gasteiger partial charge is 0.267 e. The van der Waals surface area contributed by atoms with Crippen LogP contribution in [0.3, 0.4) is 0 Å². The van der Waals surface area contributed by atoms with Gasteiger partial charge in [0.05, 0.1) is 7.85 Å². The zero-order chi connectivity index (χ0) is 4.12. The number of nitrogens with one attached hydrogen (secondary N) is 2. The molecular formula is C2H7BN2. The standard InChI is InChI=1S/C2H7BN2/c1-4-5-2-3/h4-5H,2H2,1H3. The summed E-state index contributed by atoms with van der Waals surface area (Å²) in [6.07, 6.45) is 0.483. The van der Waals surface area contributed by atoms with E-state index in [1.165, 1.54) is 0 Å². The van der Waals surface area contributed by atoms with Crippen LogP contribution >= 0.6 is 0 Å². The molecule has 2 radical (unpaired) electrons. The molecule has 5 heavy (non-hydrogen) atoms. The Kier molecular flexibility index (Phi) is 3.97. The summed E-state index contributed by atoms with van der Waals surface area (Å²) >= 11 is 0. The van der Waals surface area contributed by atoms with E-state index in [1.807, 2.05) is 0 Å². The third-order valence-electron chi connectivity index (χ3n) is 0.279. The quantitative estimate of drug-likeness (QED) is 0.316. The van der Waals surface area contributed by atoms with E-state index in [-0.39, 0.29) is 0 Å². The van der Waals surface area contributed by atoms with E-state index in [9.17, 15) is 0 Å². The molecule has 0 aromatic carbocycles. The van der Waals surface area contributed by atoms with Crippen molar-refractivity contribution >= 4 is 7.85 Å². The summed E-state index contributed by atoms with van der Waals surface area (Å²) in [5, 5.41) is 0. The molecule has 0 fully saturated rings. The van der Waals surface area contributed by atoms with Crippen LogP contribution in [0.2, 0.25) is 0 Å². The average molecular weight is 69.9 g/mol. The number of hydrazine groups is 1. The molecule has 0 saturated carbocycles. The van der Waals surface area contributed by atoms with Gasteiger partial charge in [-0.3, -0.25) is 10.9 Å². The number of hydrogen-bond acceptors (Lipinski definition) is 2. The molecule has 3 heteroatoms. The molecule has 28 valence electrons. The molecule has 0 heterocycles. The molecule has 2 N–H and O–H groups in total. The Labute approximate surface area is 33.3 Å². The summed E-state index contributed by atoms with van der Waals surface area (Å²) in [6, 6.07) is 0. The van der Waals surface area contributed by atoms with Gasteiger partial charge in [0, 0.05) is 0 Å². The Morgan fingerprint density at radius 3 is 2.40 bits per heavy atom. The van der Waals surface area contributed by atoms with Crippen LogP contribution in [0, 0.1) is 0 Å². The Hall–Kier alpha value is -0.0151. The van der Waals surface area contributed by atoms with Crippen molar-refractivity contribution < 1.29 is 0 Å². The van der Waals surface area contributed by atoms with Crippen LogP contribution in [-0.2, 0) is 0 Å². The maximum atomic E-state index is 4.97. The highest BCUT2D eigenvalue weighted by atomic mass is 15.3. The molecule has 0 bridgehead atoms. The predicted molar refractivity (Wildman–Crippen MR) is 22.8 cm³/mol. The minimum absolute atomic E-state index is 0.483. The van der Waals surface area contributed by atoms with E-state index >= 15 is 0 Å². The zero-order valence-electron chi connectivity index (χ0n) is 3.28. The maximum absolute atomic E-state index is 4.97. The molecular weight excluding hydrogens is 62.8 g/mol. The van der Waals surface area contributed by atoms with E-state index in [2.05, 4.69) is 10.9 Å². The summed E-state index contributed by atoms with van der Waals surface area (Å²) in [5.74, 6) is 0. The fraction of sp³-hybridized carbons (Fsp3) is 1.00. The Bertz CT molecular complexity index is 15.1. The van der Waals surface area contributed by atoms with Crippen molar-refractivity contribution in [2.45, 2.75) is 0 Å². The summed E-state index contributed by atoms with van der Waals surface area (Å²) in [7, 11) is 6.74. The number of rotatable bonds is 2. The van der Waals surface area contributed by atoms with Crippen molar-refractivity contribution in [3.8, 4) is 0 Å². The summed E-state index contributed by atoms with van der Waals surface area (Å²) in [6.45, 7) is 0. The highest BCUT2D eigenvalue weighted by Gasteiger charge is 1.59. The molecule has 0 saturated heterocycles. The van der Waals surface area contributed by atoms with Crippen molar-refractivity contribution in [3.05, 3.63) is 0 Å². The van der Waals surface area contributed by atoms with Crippen LogP contribution in [0.15, 0.2) is 0 Å². The zero-order valence-corrected chi connectivity index (χ0v) is 3.28. The Morgan fingerprint density at radius 1 is 1.80 bits per heavy atom. The lowest BCUT2D eigenvalue weighted by Gasteiger charge is -1.90. The van der Waals surface area contributed by atoms with Crippen LogP contribution in [0.25, 0.3) is 0 Å². The molecule has 2 nitrogen and oxygen atoms in total. The minimum atomic E-state index is 0.483. The lowest BCUT2D eigenvalue weighted by atomic mass is 10.2. The highest BCUT2D eigenvalue weighted by molar-refractivity contribution is 6.08. The van der Waals surface area contributed by atoms with Crippen molar-refractivity contribution in [2.24, 2.45) is 0 Å². The maximum Gasteiger partial charge on any atom is 0.0879 e. The third-order valence-corrected chi connectivity index (χ3v) is 0.279. The molecule has 0 rings (SSSR count). The second-order valence-corrected chi connectivity index (χ2v) is 0.631. The molecule has 0 aliphatic heterocycles.